The third-order valence-electron chi connectivity index (χ3n) is 3.49. The number of hydrogen-bond acceptors (Lipinski definition) is 3. The number of rotatable bonds is 5. The molecule has 0 saturated carbocycles. The standard InChI is InChI=1S/C18H20O3/c1-12(2)13-5-7-14(8-6-13)18(19)16-10-9-15(20-3)11-17(16)21-4/h5-12H,1-4H3. The van der Waals surface area contributed by atoms with Gasteiger partial charge < -0.3 is 9.47 Å². The van der Waals surface area contributed by atoms with E-state index in [1.165, 1.54) is 5.56 Å². The quantitative estimate of drug-likeness (QED) is 0.777. The molecule has 21 heavy (non-hydrogen) atoms. The fourth-order valence-corrected chi connectivity index (χ4v) is 2.16. The van der Waals surface area contributed by atoms with Crippen LogP contribution in [0.5, 0.6) is 11.5 Å². The molecule has 2 aromatic rings. The van der Waals surface area contributed by atoms with E-state index in [1.807, 2.05) is 24.3 Å². The molecule has 2 aromatic carbocycles. The lowest BCUT2D eigenvalue weighted by atomic mass is 9.97. The monoisotopic (exact) mass is 284 g/mol. The van der Waals surface area contributed by atoms with E-state index in [9.17, 15) is 4.79 Å². The van der Waals surface area contributed by atoms with E-state index in [4.69, 9.17) is 9.47 Å². The van der Waals surface area contributed by atoms with Gasteiger partial charge in [0.2, 0.25) is 0 Å². The number of benzene rings is 2. The lowest BCUT2D eigenvalue weighted by molar-refractivity contribution is 0.103. The molecule has 3 nitrogen and oxygen atoms in total. The number of carbonyl (C=O) groups excluding carboxylic acids is 1. The van der Waals surface area contributed by atoms with Crippen molar-refractivity contribution in [3.8, 4) is 11.5 Å². The van der Waals surface area contributed by atoms with Gasteiger partial charge in [0.15, 0.2) is 5.78 Å². The Morgan fingerprint density at radius 2 is 1.62 bits per heavy atom. The van der Waals surface area contributed by atoms with Crippen LogP contribution in [0.4, 0.5) is 0 Å². The summed E-state index contributed by atoms with van der Waals surface area (Å²) in [5.41, 5.74) is 2.41. The van der Waals surface area contributed by atoms with Crippen LogP contribution in [-0.2, 0) is 0 Å². The van der Waals surface area contributed by atoms with Gasteiger partial charge in [0.25, 0.3) is 0 Å². The van der Waals surface area contributed by atoms with Gasteiger partial charge in [-0.15, -0.1) is 0 Å². The van der Waals surface area contributed by atoms with Crippen LogP contribution in [0.1, 0.15) is 41.3 Å². The molecule has 0 radical (unpaired) electrons. The highest BCUT2D eigenvalue weighted by molar-refractivity contribution is 6.10. The maximum absolute atomic E-state index is 12.6. The van der Waals surface area contributed by atoms with E-state index in [1.54, 1.807) is 32.4 Å². The van der Waals surface area contributed by atoms with Crippen molar-refractivity contribution in [2.45, 2.75) is 19.8 Å². The average molecular weight is 284 g/mol. The van der Waals surface area contributed by atoms with Crippen molar-refractivity contribution in [3.63, 3.8) is 0 Å². The molecule has 0 amide bonds. The van der Waals surface area contributed by atoms with Crippen LogP contribution in [0.15, 0.2) is 42.5 Å². The summed E-state index contributed by atoms with van der Waals surface area (Å²) in [7, 11) is 3.13. The van der Waals surface area contributed by atoms with Gasteiger partial charge in [-0.1, -0.05) is 38.1 Å². The van der Waals surface area contributed by atoms with Gasteiger partial charge in [-0.05, 0) is 23.6 Å². The summed E-state index contributed by atoms with van der Waals surface area (Å²) in [6.07, 6.45) is 0. The molecule has 2 rings (SSSR count). The van der Waals surface area contributed by atoms with Gasteiger partial charge in [0.05, 0.1) is 19.8 Å². The molecular weight excluding hydrogens is 264 g/mol. The number of methoxy groups -OCH3 is 2. The first kappa shape index (κ1) is 15.1. The van der Waals surface area contributed by atoms with Crippen molar-refractivity contribution >= 4 is 5.78 Å². The van der Waals surface area contributed by atoms with E-state index in [2.05, 4.69) is 13.8 Å². The second-order valence-corrected chi connectivity index (χ2v) is 5.17. The Labute approximate surface area is 125 Å². The summed E-state index contributed by atoms with van der Waals surface area (Å²) < 4.78 is 10.4. The summed E-state index contributed by atoms with van der Waals surface area (Å²) in [6, 6.07) is 12.9. The van der Waals surface area contributed by atoms with Gasteiger partial charge in [-0.25, -0.2) is 0 Å². The Hall–Kier alpha value is -2.29. The Morgan fingerprint density at radius 1 is 0.952 bits per heavy atom. The number of ether oxygens (including phenoxy) is 2. The van der Waals surface area contributed by atoms with Crippen LogP contribution in [0.2, 0.25) is 0 Å². The van der Waals surface area contributed by atoms with Crippen LogP contribution in [0.3, 0.4) is 0 Å². The summed E-state index contributed by atoms with van der Waals surface area (Å²) in [5, 5.41) is 0. The van der Waals surface area contributed by atoms with E-state index in [0.717, 1.165) is 0 Å². The Bertz CT molecular complexity index is 627. The zero-order valence-electron chi connectivity index (χ0n) is 12.8. The number of hydrogen-bond donors (Lipinski definition) is 0. The van der Waals surface area contributed by atoms with Gasteiger partial charge in [0.1, 0.15) is 11.5 Å². The highest BCUT2D eigenvalue weighted by atomic mass is 16.5. The second kappa shape index (κ2) is 6.44. The van der Waals surface area contributed by atoms with Crippen LogP contribution >= 0.6 is 0 Å². The van der Waals surface area contributed by atoms with E-state index in [-0.39, 0.29) is 5.78 Å². The molecule has 0 fully saturated rings. The molecule has 0 aromatic heterocycles. The highest BCUT2D eigenvalue weighted by Gasteiger charge is 2.15. The van der Waals surface area contributed by atoms with Crippen molar-refractivity contribution in [1.29, 1.82) is 0 Å². The molecule has 0 atom stereocenters. The molecule has 0 aliphatic heterocycles. The van der Waals surface area contributed by atoms with Crippen LogP contribution in [-0.4, -0.2) is 20.0 Å². The molecular formula is C18H20O3. The molecule has 110 valence electrons. The SMILES string of the molecule is COc1ccc(C(=O)c2ccc(C(C)C)cc2)c(OC)c1. The van der Waals surface area contributed by atoms with Crippen molar-refractivity contribution in [1.82, 2.24) is 0 Å². The fraction of sp³-hybridized carbons (Fsp3) is 0.278. The van der Waals surface area contributed by atoms with E-state index < -0.39 is 0 Å². The maximum atomic E-state index is 12.6. The molecule has 0 heterocycles. The van der Waals surface area contributed by atoms with Gasteiger partial charge in [-0.2, -0.15) is 0 Å². The Balaban J connectivity index is 2.35. The zero-order chi connectivity index (χ0) is 15.4. The molecule has 0 unspecified atom stereocenters. The third kappa shape index (κ3) is 3.24. The minimum absolute atomic E-state index is 0.0511. The molecule has 0 saturated heterocycles. The number of ketones is 1. The third-order valence-corrected chi connectivity index (χ3v) is 3.49. The number of carbonyl (C=O) groups is 1. The van der Waals surface area contributed by atoms with Crippen molar-refractivity contribution in [2.75, 3.05) is 14.2 Å². The Kier molecular flexibility index (Phi) is 4.63. The van der Waals surface area contributed by atoms with Crippen molar-refractivity contribution in [2.24, 2.45) is 0 Å². The Morgan fingerprint density at radius 3 is 2.14 bits per heavy atom. The second-order valence-electron chi connectivity index (χ2n) is 5.17. The normalized spacial score (nSPS) is 10.5. The first-order valence-corrected chi connectivity index (χ1v) is 6.93. The summed E-state index contributed by atoms with van der Waals surface area (Å²) in [6.45, 7) is 4.26. The summed E-state index contributed by atoms with van der Waals surface area (Å²) in [4.78, 5) is 12.6. The van der Waals surface area contributed by atoms with E-state index >= 15 is 0 Å². The highest BCUT2D eigenvalue weighted by Crippen LogP contribution is 2.27. The van der Waals surface area contributed by atoms with Crippen LogP contribution in [0.25, 0.3) is 0 Å². The van der Waals surface area contributed by atoms with Gasteiger partial charge in [-0.3, -0.25) is 4.79 Å². The largest absolute Gasteiger partial charge is 0.497 e. The molecule has 0 aliphatic rings. The molecule has 3 heteroatoms. The van der Waals surface area contributed by atoms with E-state index in [0.29, 0.717) is 28.5 Å². The first-order chi connectivity index (χ1) is 10.1. The summed E-state index contributed by atoms with van der Waals surface area (Å²) >= 11 is 0. The molecule has 0 spiro atoms. The zero-order valence-corrected chi connectivity index (χ0v) is 12.8. The van der Waals surface area contributed by atoms with Gasteiger partial charge >= 0.3 is 0 Å². The van der Waals surface area contributed by atoms with Crippen LogP contribution in [0, 0.1) is 0 Å². The smallest absolute Gasteiger partial charge is 0.196 e. The van der Waals surface area contributed by atoms with Crippen LogP contribution < -0.4 is 9.47 Å². The molecule has 0 bridgehead atoms. The fourth-order valence-electron chi connectivity index (χ4n) is 2.16. The topological polar surface area (TPSA) is 35.5 Å². The average Bonchev–Trinajstić information content (AvgIpc) is 2.53. The first-order valence-electron chi connectivity index (χ1n) is 6.93. The predicted molar refractivity (Wildman–Crippen MR) is 83.5 cm³/mol. The lowest BCUT2D eigenvalue weighted by Gasteiger charge is -2.10. The lowest BCUT2D eigenvalue weighted by Crippen LogP contribution is -2.04. The van der Waals surface area contributed by atoms with Gasteiger partial charge in [0, 0.05) is 11.6 Å². The minimum atomic E-state index is -0.0511. The maximum Gasteiger partial charge on any atom is 0.196 e. The molecule has 0 N–H and O–H groups in total. The summed E-state index contributed by atoms with van der Waals surface area (Å²) in [5.74, 6) is 1.58. The minimum Gasteiger partial charge on any atom is -0.497 e. The molecule has 0 aliphatic carbocycles. The predicted octanol–water partition coefficient (Wildman–Crippen LogP) is 4.06. The van der Waals surface area contributed by atoms with Crippen molar-refractivity contribution in [3.05, 3.63) is 59.2 Å². The van der Waals surface area contributed by atoms with Crippen molar-refractivity contribution < 1.29 is 14.3 Å².